The molecule has 0 saturated carbocycles. The first-order chi connectivity index (χ1) is 13.6. The number of nitrogens with zero attached hydrogens (tertiary/aromatic N) is 7. The number of ether oxygens (including phenoxy) is 1. The molecule has 2 aromatic rings. The standard InChI is InChI=1S/C19H27N7O2/c1-15-13-16(2)26(22-15)18-4-3-17(20-21-18)24-7-5-23(6-8-24)14-19(27)25-9-11-28-12-10-25/h3-4,13H,5-12,14H2,1-2H3. The molecule has 2 aliphatic heterocycles. The number of hydrogen-bond acceptors (Lipinski definition) is 7. The fourth-order valence-electron chi connectivity index (χ4n) is 3.70. The number of anilines is 1. The molecule has 2 fully saturated rings. The molecule has 0 spiro atoms. The highest BCUT2D eigenvalue weighted by molar-refractivity contribution is 5.78. The maximum absolute atomic E-state index is 12.4. The number of hydrogen-bond donors (Lipinski definition) is 0. The minimum atomic E-state index is 0.200. The lowest BCUT2D eigenvalue weighted by molar-refractivity contribution is -0.136. The number of carbonyl (C=O) groups is 1. The number of piperazine rings is 1. The third-order valence-corrected chi connectivity index (χ3v) is 5.28. The van der Waals surface area contributed by atoms with E-state index in [1.165, 1.54) is 0 Å². The molecule has 9 heteroatoms. The van der Waals surface area contributed by atoms with E-state index in [-0.39, 0.29) is 5.91 Å². The van der Waals surface area contributed by atoms with E-state index in [0.29, 0.717) is 32.8 Å². The van der Waals surface area contributed by atoms with Crippen molar-refractivity contribution in [3.05, 3.63) is 29.6 Å². The second-order valence-electron chi connectivity index (χ2n) is 7.34. The first-order valence-electron chi connectivity index (χ1n) is 9.80. The van der Waals surface area contributed by atoms with Gasteiger partial charge < -0.3 is 14.5 Å². The smallest absolute Gasteiger partial charge is 0.236 e. The van der Waals surface area contributed by atoms with Crippen molar-refractivity contribution in [2.24, 2.45) is 0 Å². The largest absolute Gasteiger partial charge is 0.378 e. The molecule has 0 unspecified atom stereocenters. The molecule has 4 rings (SSSR count). The van der Waals surface area contributed by atoms with Gasteiger partial charge in [-0.15, -0.1) is 10.2 Å². The Labute approximate surface area is 164 Å². The lowest BCUT2D eigenvalue weighted by Gasteiger charge is -2.36. The Morgan fingerprint density at radius 3 is 2.29 bits per heavy atom. The molecule has 9 nitrogen and oxygen atoms in total. The van der Waals surface area contributed by atoms with Gasteiger partial charge in [0, 0.05) is 45.0 Å². The van der Waals surface area contributed by atoms with Crippen molar-refractivity contribution < 1.29 is 9.53 Å². The van der Waals surface area contributed by atoms with Crippen molar-refractivity contribution in [1.29, 1.82) is 0 Å². The first kappa shape index (κ1) is 18.8. The number of aryl methyl sites for hydroxylation is 2. The molecule has 28 heavy (non-hydrogen) atoms. The van der Waals surface area contributed by atoms with Crippen LogP contribution >= 0.6 is 0 Å². The van der Waals surface area contributed by atoms with Crippen molar-refractivity contribution in [2.45, 2.75) is 13.8 Å². The Morgan fingerprint density at radius 1 is 1.00 bits per heavy atom. The lowest BCUT2D eigenvalue weighted by Crippen LogP contribution is -2.51. The van der Waals surface area contributed by atoms with E-state index < -0.39 is 0 Å². The summed E-state index contributed by atoms with van der Waals surface area (Å²) in [6, 6.07) is 5.97. The summed E-state index contributed by atoms with van der Waals surface area (Å²) < 4.78 is 7.12. The topological polar surface area (TPSA) is 79.6 Å². The molecule has 0 aliphatic carbocycles. The summed E-state index contributed by atoms with van der Waals surface area (Å²) in [5.41, 5.74) is 2.00. The summed E-state index contributed by atoms with van der Waals surface area (Å²) in [5.74, 6) is 1.79. The van der Waals surface area contributed by atoms with Crippen LogP contribution in [0.15, 0.2) is 18.2 Å². The third-order valence-electron chi connectivity index (χ3n) is 5.28. The molecule has 2 aliphatic rings. The zero-order valence-electron chi connectivity index (χ0n) is 16.5. The maximum atomic E-state index is 12.4. The van der Waals surface area contributed by atoms with Crippen molar-refractivity contribution in [3.63, 3.8) is 0 Å². The average molecular weight is 385 g/mol. The number of amides is 1. The minimum absolute atomic E-state index is 0.200. The number of carbonyl (C=O) groups excluding carboxylic acids is 1. The quantitative estimate of drug-likeness (QED) is 0.747. The molecular weight excluding hydrogens is 358 g/mol. The van der Waals surface area contributed by atoms with Crippen LogP contribution in [-0.2, 0) is 9.53 Å². The molecule has 4 heterocycles. The molecular formula is C19H27N7O2. The molecule has 0 atom stereocenters. The Balaban J connectivity index is 1.31. The summed E-state index contributed by atoms with van der Waals surface area (Å²) in [6.07, 6.45) is 0. The van der Waals surface area contributed by atoms with E-state index in [1.54, 1.807) is 4.68 Å². The van der Waals surface area contributed by atoms with Crippen LogP contribution in [0.1, 0.15) is 11.4 Å². The van der Waals surface area contributed by atoms with Crippen LogP contribution in [0, 0.1) is 13.8 Å². The average Bonchev–Trinajstić information content (AvgIpc) is 3.07. The Morgan fingerprint density at radius 2 is 1.68 bits per heavy atom. The van der Waals surface area contributed by atoms with Gasteiger partial charge in [0.2, 0.25) is 5.91 Å². The summed E-state index contributed by atoms with van der Waals surface area (Å²) in [5, 5.41) is 13.2. The van der Waals surface area contributed by atoms with Crippen LogP contribution in [0.2, 0.25) is 0 Å². The van der Waals surface area contributed by atoms with Crippen molar-refractivity contribution in [2.75, 3.05) is 63.9 Å². The highest BCUT2D eigenvalue weighted by Gasteiger charge is 2.23. The van der Waals surface area contributed by atoms with Gasteiger partial charge in [-0.2, -0.15) is 5.10 Å². The van der Waals surface area contributed by atoms with Crippen LogP contribution in [0.4, 0.5) is 5.82 Å². The van der Waals surface area contributed by atoms with E-state index in [4.69, 9.17) is 4.74 Å². The molecule has 1 amide bonds. The van der Waals surface area contributed by atoms with Gasteiger partial charge in [-0.1, -0.05) is 0 Å². The summed E-state index contributed by atoms with van der Waals surface area (Å²) in [4.78, 5) is 18.7. The van der Waals surface area contributed by atoms with E-state index in [2.05, 4.69) is 25.1 Å². The fraction of sp³-hybridized carbons (Fsp3) is 0.579. The van der Waals surface area contributed by atoms with Gasteiger partial charge in [-0.25, -0.2) is 4.68 Å². The van der Waals surface area contributed by atoms with Gasteiger partial charge >= 0.3 is 0 Å². The van der Waals surface area contributed by atoms with Crippen LogP contribution in [0.25, 0.3) is 5.82 Å². The summed E-state index contributed by atoms with van der Waals surface area (Å²) >= 11 is 0. The predicted octanol–water partition coefficient (Wildman–Crippen LogP) is 0.260. The summed E-state index contributed by atoms with van der Waals surface area (Å²) in [7, 11) is 0. The first-order valence-corrected chi connectivity index (χ1v) is 9.80. The highest BCUT2D eigenvalue weighted by Crippen LogP contribution is 2.15. The molecule has 0 aromatic carbocycles. The highest BCUT2D eigenvalue weighted by atomic mass is 16.5. The molecule has 0 bridgehead atoms. The second-order valence-corrected chi connectivity index (χ2v) is 7.34. The zero-order chi connectivity index (χ0) is 19.5. The van der Waals surface area contributed by atoms with E-state index in [0.717, 1.165) is 49.2 Å². The van der Waals surface area contributed by atoms with Crippen LogP contribution in [-0.4, -0.2) is 94.7 Å². The molecule has 2 aromatic heterocycles. The van der Waals surface area contributed by atoms with E-state index >= 15 is 0 Å². The van der Waals surface area contributed by atoms with Gasteiger partial charge in [0.25, 0.3) is 0 Å². The van der Waals surface area contributed by atoms with Gasteiger partial charge in [-0.05, 0) is 32.0 Å². The summed E-state index contributed by atoms with van der Waals surface area (Å²) in [6.45, 7) is 10.5. The van der Waals surface area contributed by atoms with E-state index in [9.17, 15) is 4.79 Å². The van der Waals surface area contributed by atoms with Gasteiger partial charge in [0.1, 0.15) is 0 Å². The fourth-order valence-corrected chi connectivity index (χ4v) is 3.70. The number of aromatic nitrogens is 4. The van der Waals surface area contributed by atoms with Gasteiger partial charge in [0.15, 0.2) is 11.6 Å². The normalized spacial score (nSPS) is 18.5. The van der Waals surface area contributed by atoms with Crippen molar-refractivity contribution in [1.82, 2.24) is 29.8 Å². The predicted molar refractivity (Wildman–Crippen MR) is 105 cm³/mol. The third kappa shape index (κ3) is 4.15. The minimum Gasteiger partial charge on any atom is -0.378 e. The van der Waals surface area contributed by atoms with E-state index in [1.807, 2.05) is 36.9 Å². The number of morpholine rings is 1. The second kappa shape index (κ2) is 8.24. The Kier molecular flexibility index (Phi) is 5.54. The van der Waals surface area contributed by atoms with Crippen LogP contribution in [0.3, 0.4) is 0 Å². The monoisotopic (exact) mass is 385 g/mol. The van der Waals surface area contributed by atoms with Gasteiger partial charge in [-0.3, -0.25) is 9.69 Å². The maximum Gasteiger partial charge on any atom is 0.236 e. The molecule has 0 radical (unpaired) electrons. The number of rotatable bonds is 4. The Hall–Kier alpha value is -2.52. The Bertz CT molecular complexity index is 806. The zero-order valence-corrected chi connectivity index (χ0v) is 16.5. The van der Waals surface area contributed by atoms with Crippen LogP contribution in [0.5, 0.6) is 0 Å². The van der Waals surface area contributed by atoms with Gasteiger partial charge in [0.05, 0.1) is 25.5 Å². The molecule has 150 valence electrons. The van der Waals surface area contributed by atoms with Crippen molar-refractivity contribution in [3.8, 4) is 5.82 Å². The SMILES string of the molecule is Cc1cc(C)n(-c2ccc(N3CCN(CC(=O)N4CCOCC4)CC3)nn2)n1. The molecule has 0 N–H and O–H groups in total. The van der Waals surface area contributed by atoms with Crippen LogP contribution < -0.4 is 4.90 Å². The lowest BCUT2D eigenvalue weighted by atomic mass is 10.3. The molecule has 2 saturated heterocycles. The van der Waals surface area contributed by atoms with Crippen molar-refractivity contribution >= 4 is 11.7 Å².